The first-order chi connectivity index (χ1) is 15.4. The molecule has 0 amide bonds. The van der Waals surface area contributed by atoms with Gasteiger partial charge in [-0.05, 0) is 31.5 Å². The quantitative estimate of drug-likeness (QED) is 0.557. The maximum Gasteiger partial charge on any atom is 0.324 e. The summed E-state index contributed by atoms with van der Waals surface area (Å²) in [7, 11) is -3.93. The van der Waals surface area contributed by atoms with Gasteiger partial charge in [0.2, 0.25) is 10.0 Å². The van der Waals surface area contributed by atoms with Gasteiger partial charge in [-0.15, -0.1) is 0 Å². The Labute approximate surface area is 188 Å². The molecule has 8 nitrogen and oxygen atoms in total. The summed E-state index contributed by atoms with van der Waals surface area (Å²) in [6.45, 7) is 3.67. The van der Waals surface area contributed by atoms with Crippen LogP contribution in [-0.4, -0.2) is 67.9 Å². The van der Waals surface area contributed by atoms with E-state index >= 15 is 0 Å². The SMILES string of the molecule is CCOC(=O)C1CN(S(=O)(=O)c2ccccc2)C[C@H](C(=O)OCC)N1Cc1ccccc1. The van der Waals surface area contributed by atoms with Crippen LogP contribution in [0.25, 0.3) is 0 Å². The van der Waals surface area contributed by atoms with Gasteiger partial charge in [0, 0.05) is 19.6 Å². The fraction of sp³-hybridized carbons (Fsp3) is 0.391. The van der Waals surface area contributed by atoms with E-state index in [1.807, 2.05) is 30.3 Å². The van der Waals surface area contributed by atoms with Crippen molar-refractivity contribution in [2.24, 2.45) is 0 Å². The molecule has 0 aliphatic carbocycles. The summed E-state index contributed by atoms with van der Waals surface area (Å²) in [5.74, 6) is -1.16. The molecular weight excluding hydrogens is 432 g/mol. The molecule has 9 heteroatoms. The average molecular weight is 461 g/mol. The lowest BCUT2D eigenvalue weighted by molar-refractivity contribution is -0.161. The van der Waals surface area contributed by atoms with Crippen LogP contribution in [0.4, 0.5) is 0 Å². The van der Waals surface area contributed by atoms with Gasteiger partial charge in [-0.25, -0.2) is 8.42 Å². The molecule has 1 unspecified atom stereocenters. The molecule has 0 radical (unpaired) electrons. The van der Waals surface area contributed by atoms with Crippen molar-refractivity contribution < 1.29 is 27.5 Å². The normalized spacial score (nSPS) is 19.9. The third kappa shape index (κ3) is 5.35. The lowest BCUT2D eigenvalue weighted by Gasteiger charge is -2.43. The highest BCUT2D eigenvalue weighted by molar-refractivity contribution is 7.89. The van der Waals surface area contributed by atoms with E-state index in [0.717, 1.165) is 5.56 Å². The minimum atomic E-state index is -3.93. The minimum absolute atomic E-state index is 0.0988. The topological polar surface area (TPSA) is 93.2 Å². The second-order valence-corrected chi connectivity index (χ2v) is 9.27. The number of sulfonamides is 1. The largest absolute Gasteiger partial charge is 0.465 e. The molecule has 0 N–H and O–H groups in total. The van der Waals surface area contributed by atoms with Gasteiger partial charge in [0.15, 0.2) is 0 Å². The highest BCUT2D eigenvalue weighted by Gasteiger charge is 2.46. The summed E-state index contributed by atoms with van der Waals surface area (Å²) in [5, 5.41) is 0. The molecular formula is C23H28N2O6S. The third-order valence-corrected chi connectivity index (χ3v) is 7.11. The first kappa shape index (κ1) is 23.9. The molecule has 0 aromatic heterocycles. The van der Waals surface area contributed by atoms with Gasteiger partial charge in [0.1, 0.15) is 12.1 Å². The first-order valence-corrected chi connectivity index (χ1v) is 12.0. The Hall–Kier alpha value is -2.75. The molecule has 2 atom stereocenters. The van der Waals surface area contributed by atoms with Gasteiger partial charge in [-0.1, -0.05) is 48.5 Å². The predicted molar refractivity (Wildman–Crippen MR) is 118 cm³/mol. The Morgan fingerprint density at radius 1 is 0.844 bits per heavy atom. The highest BCUT2D eigenvalue weighted by atomic mass is 32.2. The van der Waals surface area contributed by atoms with Crippen molar-refractivity contribution in [3.05, 3.63) is 66.2 Å². The van der Waals surface area contributed by atoms with Gasteiger partial charge in [0.05, 0.1) is 18.1 Å². The Morgan fingerprint density at radius 2 is 1.31 bits per heavy atom. The molecule has 2 aromatic rings. The lowest BCUT2D eigenvalue weighted by Crippen LogP contribution is -2.64. The zero-order valence-corrected chi connectivity index (χ0v) is 19.0. The number of hydrogen-bond acceptors (Lipinski definition) is 7. The molecule has 1 saturated heterocycles. The first-order valence-electron chi connectivity index (χ1n) is 10.6. The van der Waals surface area contributed by atoms with Crippen molar-refractivity contribution in [2.45, 2.75) is 37.4 Å². The van der Waals surface area contributed by atoms with Crippen LogP contribution in [0.1, 0.15) is 19.4 Å². The number of nitrogens with zero attached hydrogens (tertiary/aromatic N) is 2. The number of carbonyl (C=O) groups is 2. The van der Waals surface area contributed by atoms with Gasteiger partial charge >= 0.3 is 11.9 Å². The molecule has 0 bridgehead atoms. The Morgan fingerprint density at radius 3 is 1.78 bits per heavy atom. The summed E-state index contributed by atoms with van der Waals surface area (Å²) in [5.41, 5.74) is 0.885. The van der Waals surface area contributed by atoms with Crippen LogP contribution in [0.2, 0.25) is 0 Å². The summed E-state index contributed by atoms with van der Waals surface area (Å²) in [6.07, 6.45) is 0. The van der Waals surface area contributed by atoms with E-state index in [1.54, 1.807) is 36.9 Å². The molecule has 172 valence electrons. The van der Waals surface area contributed by atoms with Crippen LogP contribution in [0.15, 0.2) is 65.6 Å². The van der Waals surface area contributed by atoms with Crippen molar-refractivity contribution in [1.29, 1.82) is 0 Å². The lowest BCUT2D eigenvalue weighted by atomic mass is 10.1. The van der Waals surface area contributed by atoms with E-state index < -0.39 is 34.0 Å². The molecule has 0 spiro atoms. The number of piperazine rings is 1. The Kier molecular flexibility index (Phi) is 8.00. The number of rotatable bonds is 8. The Bertz CT molecular complexity index is 985. The van der Waals surface area contributed by atoms with Gasteiger partial charge < -0.3 is 9.47 Å². The van der Waals surface area contributed by atoms with E-state index in [-0.39, 0.29) is 37.7 Å². The number of hydrogen-bond donors (Lipinski definition) is 0. The van der Waals surface area contributed by atoms with E-state index in [0.29, 0.717) is 0 Å². The standard InChI is InChI=1S/C23H28N2O6S/c1-3-30-22(26)20-16-24(32(28,29)19-13-9-6-10-14-19)17-21(23(27)31-4-2)25(20)15-18-11-7-5-8-12-18/h5-14,20-21H,3-4,15-17H2,1-2H3/t20-,21?/m1/s1. The zero-order valence-electron chi connectivity index (χ0n) is 18.2. The summed E-state index contributed by atoms with van der Waals surface area (Å²) in [6, 6.07) is 15.4. The van der Waals surface area contributed by atoms with Crippen LogP contribution >= 0.6 is 0 Å². The van der Waals surface area contributed by atoms with Crippen LogP contribution < -0.4 is 0 Å². The Balaban J connectivity index is 2.01. The van der Waals surface area contributed by atoms with Crippen LogP contribution in [-0.2, 0) is 35.6 Å². The van der Waals surface area contributed by atoms with E-state index in [1.165, 1.54) is 16.4 Å². The van der Waals surface area contributed by atoms with Crippen LogP contribution in [0.5, 0.6) is 0 Å². The van der Waals surface area contributed by atoms with Crippen molar-refractivity contribution in [2.75, 3.05) is 26.3 Å². The van der Waals surface area contributed by atoms with Gasteiger partial charge in [-0.2, -0.15) is 4.31 Å². The summed E-state index contributed by atoms with van der Waals surface area (Å²) < 4.78 is 38.3. The molecule has 1 fully saturated rings. The van der Waals surface area contributed by atoms with Crippen molar-refractivity contribution in [1.82, 2.24) is 9.21 Å². The second-order valence-electron chi connectivity index (χ2n) is 7.33. The molecule has 32 heavy (non-hydrogen) atoms. The maximum absolute atomic E-state index is 13.3. The van der Waals surface area contributed by atoms with E-state index in [9.17, 15) is 18.0 Å². The molecule has 2 aromatic carbocycles. The van der Waals surface area contributed by atoms with Crippen molar-refractivity contribution in [3.63, 3.8) is 0 Å². The highest BCUT2D eigenvalue weighted by Crippen LogP contribution is 2.26. The van der Waals surface area contributed by atoms with Gasteiger partial charge in [-0.3, -0.25) is 14.5 Å². The van der Waals surface area contributed by atoms with Gasteiger partial charge in [0.25, 0.3) is 0 Å². The predicted octanol–water partition coefficient (Wildman–Crippen LogP) is 2.06. The molecule has 1 heterocycles. The minimum Gasteiger partial charge on any atom is -0.465 e. The second kappa shape index (κ2) is 10.7. The molecule has 3 rings (SSSR count). The smallest absolute Gasteiger partial charge is 0.324 e. The van der Waals surface area contributed by atoms with E-state index in [4.69, 9.17) is 9.47 Å². The number of ether oxygens (including phenoxy) is 2. The number of benzene rings is 2. The average Bonchev–Trinajstić information content (AvgIpc) is 2.80. The van der Waals surface area contributed by atoms with Crippen LogP contribution in [0.3, 0.4) is 0 Å². The zero-order chi connectivity index (χ0) is 23.1. The fourth-order valence-electron chi connectivity index (χ4n) is 3.74. The summed E-state index contributed by atoms with van der Waals surface area (Å²) >= 11 is 0. The van der Waals surface area contributed by atoms with Crippen LogP contribution in [0, 0.1) is 0 Å². The fourth-order valence-corrected chi connectivity index (χ4v) is 5.21. The third-order valence-electron chi connectivity index (χ3n) is 5.26. The summed E-state index contributed by atoms with van der Waals surface area (Å²) in [4.78, 5) is 27.6. The molecule has 0 saturated carbocycles. The van der Waals surface area contributed by atoms with E-state index in [2.05, 4.69) is 0 Å². The van der Waals surface area contributed by atoms with Crippen molar-refractivity contribution >= 4 is 22.0 Å². The molecule has 1 aliphatic heterocycles. The monoisotopic (exact) mass is 460 g/mol. The number of esters is 2. The molecule has 1 aliphatic rings. The maximum atomic E-state index is 13.3. The van der Waals surface area contributed by atoms with Crippen molar-refractivity contribution in [3.8, 4) is 0 Å². The number of carbonyl (C=O) groups excluding carboxylic acids is 2.